The summed E-state index contributed by atoms with van der Waals surface area (Å²) in [6.45, 7) is 7.26. The predicted octanol–water partition coefficient (Wildman–Crippen LogP) is 2.45. The van der Waals surface area contributed by atoms with E-state index in [1.165, 1.54) is 0 Å². The molecule has 1 aromatic heterocycles. The fraction of sp³-hybridized carbons (Fsp3) is 0.474. The van der Waals surface area contributed by atoms with Gasteiger partial charge in [-0.3, -0.25) is 0 Å². The van der Waals surface area contributed by atoms with Crippen molar-refractivity contribution in [3.05, 3.63) is 53.6 Å². The summed E-state index contributed by atoms with van der Waals surface area (Å²) in [4.78, 5) is 16.2. The van der Waals surface area contributed by atoms with Crippen molar-refractivity contribution in [1.82, 2.24) is 20.2 Å². The number of aromatic nitrogens is 2. The molecule has 0 saturated heterocycles. The molecule has 6 nitrogen and oxygen atoms in total. The fourth-order valence-corrected chi connectivity index (χ4v) is 2.77. The largest absolute Gasteiger partial charge is 0.394 e. The molecule has 2 rings (SSSR count). The Morgan fingerprint density at radius 1 is 1.32 bits per heavy atom. The number of urea groups is 1. The van der Waals surface area contributed by atoms with Crippen molar-refractivity contribution in [3.63, 3.8) is 0 Å². The third-order valence-electron chi connectivity index (χ3n) is 4.03. The van der Waals surface area contributed by atoms with Gasteiger partial charge in [0.2, 0.25) is 0 Å². The maximum atomic E-state index is 12.0. The molecule has 0 spiro atoms. The average molecular weight is 344 g/mol. The first-order valence-electron chi connectivity index (χ1n) is 8.68. The van der Waals surface area contributed by atoms with E-state index in [0.29, 0.717) is 12.5 Å². The summed E-state index contributed by atoms with van der Waals surface area (Å²) >= 11 is 0. The second-order valence-corrected chi connectivity index (χ2v) is 6.76. The summed E-state index contributed by atoms with van der Waals surface area (Å²) in [7, 11) is 0. The van der Waals surface area contributed by atoms with Crippen LogP contribution in [0.3, 0.4) is 0 Å². The SMILES string of the molecule is Cc1nccn1Cc1cccc(CNC(=O)NC(CO)CC(C)C)c1. The van der Waals surface area contributed by atoms with Crippen molar-refractivity contribution in [2.75, 3.05) is 6.61 Å². The van der Waals surface area contributed by atoms with Crippen molar-refractivity contribution in [3.8, 4) is 0 Å². The summed E-state index contributed by atoms with van der Waals surface area (Å²) in [6.07, 6.45) is 4.50. The first-order chi connectivity index (χ1) is 12.0. The molecule has 2 amide bonds. The Morgan fingerprint density at radius 3 is 2.72 bits per heavy atom. The van der Waals surface area contributed by atoms with Crippen LogP contribution in [0.25, 0.3) is 0 Å². The number of carbonyl (C=O) groups excluding carboxylic acids is 1. The Bertz CT molecular complexity index is 682. The Kier molecular flexibility index (Phi) is 7.01. The summed E-state index contributed by atoms with van der Waals surface area (Å²) in [5, 5.41) is 15.0. The van der Waals surface area contributed by atoms with Gasteiger partial charge in [-0.05, 0) is 30.4 Å². The van der Waals surface area contributed by atoms with Crippen LogP contribution in [0.4, 0.5) is 4.79 Å². The highest BCUT2D eigenvalue weighted by atomic mass is 16.3. The van der Waals surface area contributed by atoms with Gasteiger partial charge in [-0.1, -0.05) is 38.1 Å². The minimum absolute atomic E-state index is 0.0503. The maximum absolute atomic E-state index is 12.0. The van der Waals surface area contributed by atoms with Gasteiger partial charge in [-0.2, -0.15) is 0 Å². The zero-order valence-corrected chi connectivity index (χ0v) is 15.2. The maximum Gasteiger partial charge on any atom is 0.315 e. The molecule has 1 unspecified atom stereocenters. The van der Waals surface area contributed by atoms with Gasteiger partial charge >= 0.3 is 6.03 Å². The zero-order valence-electron chi connectivity index (χ0n) is 15.2. The number of benzene rings is 1. The van der Waals surface area contributed by atoms with Crippen LogP contribution in [-0.4, -0.2) is 33.3 Å². The first-order valence-corrected chi connectivity index (χ1v) is 8.68. The molecule has 1 atom stereocenters. The van der Waals surface area contributed by atoms with Crippen LogP contribution in [0.15, 0.2) is 36.7 Å². The van der Waals surface area contributed by atoms with Gasteiger partial charge < -0.3 is 20.3 Å². The standard InChI is InChI=1S/C19H28N4O2/c1-14(2)9-18(13-24)22-19(25)21-11-16-5-4-6-17(10-16)12-23-8-7-20-15(23)3/h4-8,10,14,18,24H,9,11-13H2,1-3H3,(H2,21,22,25). The molecule has 2 aromatic rings. The molecule has 0 fully saturated rings. The zero-order chi connectivity index (χ0) is 18.2. The van der Waals surface area contributed by atoms with Crippen molar-refractivity contribution < 1.29 is 9.90 Å². The third kappa shape index (κ3) is 6.23. The molecule has 1 aromatic carbocycles. The molecule has 0 aliphatic carbocycles. The quantitative estimate of drug-likeness (QED) is 0.688. The van der Waals surface area contributed by atoms with Crippen molar-refractivity contribution in [2.24, 2.45) is 5.92 Å². The van der Waals surface area contributed by atoms with E-state index >= 15 is 0 Å². The van der Waals surface area contributed by atoms with Crippen LogP contribution >= 0.6 is 0 Å². The third-order valence-corrected chi connectivity index (χ3v) is 4.03. The number of nitrogens with zero attached hydrogens (tertiary/aromatic N) is 2. The smallest absolute Gasteiger partial charge is 0.315 e. The van der Waals surface area contributed by atoms with E-state index in [2.05, 4.69) is 46.2 Å². The number of hydrogen-bond acceptors (Lipinski definition) is 3. The summed E-state index contributed by atoms with van der Waals surface area (Å²) in [5.74, 6) is 1.39. The van der Waals surface area contributed by atoms with E-state index < -0.39 is 0 Å². The molecule has 0 bridgehead atoms. The number of imidazole rings is 1. The van der Waals surface area contributed by atoms with E-state index in [0.717, 1.165) is 29.9 Å². The van der Waals surface area contributed by atoms with Crippen LogP contribution in [0.1, 0.15) is 37.2 Å². The Labute approximate surface area is 149 Å². The molecular formula is C19H28N4O2. The van der Waals surface area contributed by atoms with Crippen LogP contribution in [0.5, 0.6) is 0 Å². The summed E-state index contributed by atoms with van der Waals surface area (Å²) < 4.78 is 2.08. The Balaban J connectivity index is 1.87. The predicted molar refractivity (Wildman–Crippen MR) is 98.2 cm³/mol. The van der Waals surface area contributed by atoms with Gasteiger partial charge in [0.25, 0.3) is 0 Å². The number of carbonyl (C=O) groups is 1. The topological polar surface area (TPSA) is 79.2 Å². The lowest BCUT2D eigenvalue weighted by Crippen LogP contribution is -2.44. The molecule has 136 valence electrons. The Morgan fingerprint density at radius 2 is 2.08 bits per heavy atom. The lowest BCUT2D eigenvalue weighted by atomic mass is 10.0. The molecule has 0 aliphatic rings. The van der Waals surface area contributed by atoms with Gasteiger partial charge in [0.15, 0.2) is 0 Å². The number of aliphatic hydroxyl groups is 1. The van der Waals surface area contributed by atoms with Gasteiger partial charge in [0.1, 0.15) is 5.82 Å². The van der Waals surface area contributed by atoms with Crippen LogP contribution in [0, 0.1) is 12.8 Å². The molecule has 0 radical (unpaired) electrons. The normalized spacial score (nSPS) is 12.2. The fourth-order valence-electron chi connectivity index (χ4n) is 2.77. The van der Waals surface area contributed by atoms with E-state index in [9.17, 15) is 9.90 Å². The second kappa shape index (κ2) is 9.22. The van der Waals surface area contributed by atoms with E-state index in [4.69, 9.17) is 0 Å². The van der Waals surface area contributed by atoms with E-state index in [1.807, 2.05) is 25.3 Å². The van der Waals surface area contributed by atoms with Crippen LogP contribution in [-0.2, 0) is 13.1 Å². The van der Waals surface area contributed by atoms with E-state index in [-0.39, 0.29) is 18.7 Å². The van der Waals surface area contributed by atoms with Crippen LogP contribution < -0.4 is 10.6 Å². The van der Waals surface area contributed by atoms with Crippen molar-refractivity contribution in [1.29, 1.82) is 0 Å². The number of amides is 2. The van der Waals surface area contributed by atoms with Gasteiger partial charge in [-0.15, -0.1) is 0 Å². The van der Waals surface area contributed by atoms with Crippen LogP contribution in [0.2, 0.25) is 0 Å². The Hall–Kier alpha value is -2.34. The number of aliphatic hydroxyl groups excluding tert-OH is 1. The number of nitrogens with one attached hydrogen (secondary N) is 2. The lowest BCUT2D eigenvalue weighted by Gasteiger charge is -2.18. The highest BCUT2D eigenvalue weighted by Gasteiger charge is 2.12. The molecule has 6 heteroatoms. The molecule has 1 heterocycles. The average Bonchev–Trinajstić information content (AvgIpc) is 2.97. The van der Waals surface area contributed by atoms with E-state index in [1.54, 1.807) is 6.20 Å². The molecule has 0 saturated carbocycles. The number of aryl methyl sites for hydroxylation is 1. The van der Waals surface area contributed by atoms with Gasteiger partial charge in [-0.25, -0.2) is 9.78 Å². The molecule has 0 aliphatic heterocycles. The van der Waals surface area contributed by atoms with Gasteiger partial charge in [0, 0.05) is 25.5 Å². The number of hydrogen-bond donors (Lipinski definition) is 3. The van der Waals surface area contributed by atoms with Crippen molar-refractivity contribution in [2.45, 2.75) is 46.3 Å². The monoisotopic (exact) mass is 344 g/mol. The lowest BCUT2D eigenvalue weighted by molar-refractivity contribution is 0.206. The minimum atomic E-state index is -0.254. The first kappa shape index (κ1) is 19.0. The van der Waals surface area contributed by atoms with Crippen molar-refractivity contribution >= 4 is 6.03 Å². The van der Waals surface area contributed by atoms with Gasteiger partial charge in [0.05, 0.1) is 12.6 Å². The molecule has 3 N–H and O–H groups in total. The summed E-state index contributed by atoms with van der Waals surface area (Å²) in [5.41, 5.74) is 2.20. The highest BCUT2D eigenvalue weighted by Crippen LogP contribution is 2.09. The highest BCUT2D eigenvalue weighted by molar-refractivity contribution is 5.74. The summed E-state index contributed by atoms with van der Waals surface area (Å²) in [6, 6.07) is 7.66. The second-order valence-electron chi connectivity index (χ2n) is 6.76. The number of rotatable bonds is 8. The molecule has 25 heavy (non-hydrogen) atoms. The minimum Gasteiger partial charge on any atom is -0.394 e. The molecular weight excluding hydrogens is 316 g/mol.